The number of benzene rings is 2. The van der Waals surface area contributed by atoms with Crippen LogP contribution in [0.5, 0.6) is 0 Å². The number of rotatable bonds is 9. The van der Waals surface area contributed by atoms with Crippen molar-refractivity contribution in [2.24, 2.45) is 4.99 Å². The van der Waals surface area contributed by atoms with Gasteiger partial charge in [0.1, 0.15) is 16.0 Å². The average molecular weight is 686 g/mol. The molecule has 0 saturated carbocycles. The average Bonchev–Trinajstić information content (AvgIpc) is 3.77. The molecule has 4 aromatic rings. The number of nitrogens with zero attached hydrogens (tertiary/aromatic N) is 5. The molecule has 1 fully saturated rings. The molecule has 15 heteroatoms. The summed E-state index contributed by atoms with van der Waals surface area (Å²) < 4.78 is 68.9. The van der Waals surface area contributed by atoms with Crippen LogP contribution in [0, 0.1) is 6.92 Å². The third-order valence-corrected chi connectivity index (χ3v) is 11.2. The van der Waals surface area contributed by atoms with E-state index in [0.717, 1.165) is 5.69 Å². The summed E-state index contributed by atoms with van der Waals surface area (Å²) >= 11 is 1.20. The number of carbonyl (C=O) groups excluding carboxylic acids is 1. The van der Waals surface area contributed by atoms with E-state index >= 15 is 0 Å². The fraction of sp³-hybridized carbons (Fsp3) is 0.375. The van der Waals surface area contributed by atoms with Crippen LogP contribution in [-0.4, -0.2) is 65.8 Å². The molecule has 4 heterocycles. The molecule has 6 rings (SSSR count). The van der Waals surface area contributed by atoms with Crippen LogP contribution in [0.1, 0.15) is 53.4 Å². The predicted molar refractivity (Wildman–Crippen MR) is 178 cm³/mol. The van der Waals surface area contributed by atoms with E-state index in [1.807, 2.05) is 24.3 Å². The molecule has 1 saturated heterocycles. The number of sulfone groups is 1. The highest BCUT2D eigenvalue weighted by Crippen LogP contribution is 2.37. The number of aliphatic imine (C=N–C) groups is 1. The van der Waals surface area contributed by atoms with E-state index in [-0.39, 0.29) is 40.7 Å². The Morgan fingerprint density at radius 1 is 1.19 bits per heavy atom. The zero-order chi connectivity index (χ0) is 33.5. The van der Waals surface area contributed by atoms with E-state index in [2.05, 4.69) is 25.2 Å². The number of anilines is 3. The Morgan fingerprint density at radius 2 is 1.91 bits per heavy atom. The summed E-state index contributed by atoms with van der Waals surface area (Å²) in [5.74, 6) is -0.592. The molecule has 0 spiro atoms. The second kappa shape index (κ2) is 13.1. The monoisotopic (exact) mass is 685 g/mol. The first-order valence-corrected chi connectivity index (χ1v) is 17.9. The van der Waals surface area contributed by atoms with Gasteiger partial charge in [-0.25, -0.2) is 31.6 Å². The number of amides is 1. The minimum Gasteiger partial charge on any atom is -0.398 e. The van der Waals surface area contributed by atoms with Gasteiger partial charge in [0.25, 0.3) is 12.3 Å². The molecular weight excluding hydrogens is 652 g/mol. The van der Waals surface area contributed by atoms with Gasteiger partial charge in [-0.1, -0.05) is 12.1 Å². The SMILES string of the molecule is Cc1c(-c2ccc(N3CCC(S(C)(=O)=O)CC3)cc2)cc(C(F)F)c(C=NC(C(=O)Nc2nccs2)c2ncn3c2C[C@@H](F)C3)c1N. The zero-order valence-corrected chi connectivity index (χ0v) is 27.4. The first kappa shape index (κ1) is 32.7. The Balaban J connectivity index is 1.30. The first-order chi connectivity index (χ1) is 22.4. The molecule has 2 aliphatic rings. The van der Waals surface area contributed by atoms with Gasteiger partial charge in [-0.2, -0.15) is 0 Å². The number of thiazole rings is 1. The highest BCUT2D eigenvalue weighted by Gasteiger charge is 2.32. The van der Waals surface area contributed by atoms with E-state index in [1.165, 1.54) is 42.4 Å². The predicted octanol–water partition coefficient (Wildman–Crippen LogP) is 5.54. The minimum atomic E-state index is -3.09. The maximum atomic E-state index is 14.6. The van der Waals surface area contributed by atoms with Crippen LogP contribution in [0.3, 0.4) is 0 Å². The van der Waals surface area contributed by atoms with Gasteiger partial charge in [-0.15, -0.1) is 11.3 Å². The standard InChI is InChI=1S/C32H34F3N7O3S2/c1-18-23(19-3-5-21(6-4-19)41-10-7-22(8-11-41)47(2,44)45)14-24(30(34)35)25(27(18)36)15-38-29(31(43)40-32-37-9-12-46-32)28-26-13-20(33)16-42(26)17-39-28/h3-6,9,12,14-15,17,20,22,29-30H,7-8,10-11,13,16,36H2,1-2H3,(H,37,40,43)/t20-,29?/m1/s1. The smallest absolute Gasteiger partial charge is 0.264 e. The molecule has 3 N–H and O–H groups in total. The number of nitrogens with two attached hydrogens (primary N) is 1. The molecule has 10 nitrogen and oxygen atoms in total. The molecule has 1 amide bonds. The maximum Gasteiger partial charge on any atom is 0.264 e. The van der Waals surface area contributed by atoms with Crippen LogP contribution in [-0.2, 0) is 27.6 Å². The highest BCUT2D eigenvalue weighted by molar-refractivity contribution is 7.91. The van der Waals surface area contributed by atoms with E-state index in [1.54, 1.807) is 16.9 Å². The van der Waals surface area contributed by atoms with Crippen molar-refractivity contribution >= 4 is 49.8 Å². The molecule has 2 atom stereocenters. The number of fused-ring (bicyclic) bond motifs is 1. The number of alkyl halides is 3. The van der Waals surface area contributed by atoms with Gasteiger partial charge < -0.3 is 15.2 Å². The number of halogens is 3. The molecule has 0 aliphatic carbocycles. The number of nitrogen functional groups attached to an aromatic ring is 1. The Morgan fingerprint density at radius 3 is 2.55 bits per heavy atom. The molecule has 2 aromatic carbocycles. The fourth-order valence-corrected chi connectivity index (χ4v) is 7.85. The van der Waals surface area contributed by atoms with Crippen LogP contribution in [0.4, 0.5) is 29.7 Å². The molecule has 2 aromatic heterocycles. The number of hydrogen-bond donors (Lipinski definition) is 2. The van der Waals surface area contributed by atoms with Crippen molar-refractivity contribution in [2.75, 3.05) is 35.3 Å². The molecule has 248 valence electrons. The zero-order valence-electron chi connectivity index (χ0n) is 25.7. The maximum absolute atomic E-state index is 14.6. The van der Waals surface area contributed by atoms with Crippen molar-refractivity contribution in [3.63, 3.8) is 0 Å². The van der Waals surface area contributed by atoms with Crippen LogP contribution < -0.4 is 16.0 Å². The molecule has 2 aliphatic heterocycles. The summed E-state index contributed by atoms with van der Waals surface area (Å²) in [6.07, 6.45) is 2.54. The van der Waals surface area contributed by atoms with E-state index in [9.17, 15) is 26.4 Å². The molecule has 47 heavy (non-hydrogen) atoms. The number of nitrogens with one attached hydrogen (secondary N) is 1. The Bertz CT molecular complexity index is 1900. The van der Waals surface area contributed by atoms with Gasteiger partial charge >= 0.3 is 0 Å². The topological polar surface area (TPSA) is 136 Å². The van der Waals surface area contributed by atoms with Gasteiger partial charge in [0.05, 0.1) is 23.8 Å². The third kappa shape index (κ3) is 6.77. The second-order valence-electron chi connectivity index (χ2n) is 11.9. The lowest BCUT2D eigenvalue weighted by molar-refractivity contribution is -0.117. The van der Waals surface area contributed by atoms with Crippen molar-refractivity contribution in [2.45, 2.75) is 56.6 Å². The van der Waals surface area contributed by atoms with Crippen LogP contribution in [0.2, 0.25) is 0 Å². The van der Waals surface area contributed by atoms with Gasteiger partial charge in [-0.3, -0.25) is 15.1 Å². The number of aromatic nitrogens is 3. The first-order valence-electron chi connectivity index (χ1n) is 15.1. The number of carbonyl (C=O) groups is 1. The Labute approximate surface area is 274 Å². The Kier molecular flexibility index (Phi) is 9.12. The lowest BCUT2D eigenvalue weighted by Gasteiger charge is -2.33. The van der Waals surface area contributed by atoms with E-state index in [4.69, 9.17) is 5.73 Å². The number of piperidine rings is 1. The van der Waals surface area contributed by atoms with Crippen molar-refractivity contribution < 1.29 is 26.4 Å². The normalized spacial score (nSPS) is 17.8. The number of hydrogen-bond acceptors (Lipinski definition) is 9. The largest absolute Gasteiger partial charge is 0.398 e. The summed E-state index contributed by atoms with van der Waals surface area (Å²) in [7, 11) is -3.09. The van der Waals surface area contributed by atoms with Gasteiger partial charge in [0.15, 0.2) is 11.2 Å². The molecule has 1 unspecified atom stereocenters. The van der Waals surface area contributed by atoms with E-state index < -0.39 is 34.4 Å². The van der Waals surface area contributed by atoms with Crippen molar-refractivity contribution in [1.82, 2.24) is 14.5 Å². The van der Waals surface area contributed by atoms with Crippen molar-refractivity contribution in [3.05, 3.63) is 76.3 Å². The van der Waals surface area contributed by atoms with Gasteiger partial charge in [0.2, 0.25) is 0 Å². The molecule has 0 bridgehead atoms. The van der Waals surface area contributed by atoms with Crippen molar-refractivity contribution in [3.8, 4) is 11.1 Å². The van der Waals surface area contributed by atoms with Gasteiger partial charge in [-0.05, 0) is 54.7 Å². The minimum absolute atomic E-state index is 0.0158. The van der Waals surface area contributed by atoms with Crippen LogP contribution in [0.25, 0.3) is 11.1 Å². The third-order valence-electron chi connectivity index (χ3n) is 8.85. The van der Waals surface area contributed by atoms with Crippen LogP contribution in [0.15, 0.2) is 53.2 Å². The van der Waals surface area contributed by atoms with E-state index in [0.29, 0.717) is 53.4 Å². The summed E-state index contributed by atoms with van der Waals surface area (Å²) in [5, 5.41) is 4.35. The summed E-state index contributed by atoms with van der Waals surface area (Å²) in [6, 6.07) is 7.57. The Hall–Kier alpha value is -4.24. The lowest BCUT2D eigenvalue weighted by Crippen LogP contribution is -2.38. The summed E-state index contributed by atoms with van der Waals surface area (Å²) in [4.78, 5) is 28.4. The lowest BCUT2D eigenvalue weighted by atomic mass is 9.92. The molecule has 0 radical (unpaired) electrons. The second-order valence-corrected chi connectivity index (χ2v) is 15.1. The summed E-state index contributed by atoms with van der Waals surface area (Å²) in [5.41, 5.74) is 9.65. The fourth-order valence-electron chi connectivity index (χ4n) is 6.25. The van der Waals surface area contributed by atoms with Crippen molar-refractivity contribution in [1.29, 1.82) is 0 Å². The highest BCUT2D eigenvalue weighted by atomic mass is 32.2. The van der Waals surface area contributed by atoms with Crippen LogP contribution >= 0.6 is 11.3 Å². The van der Waals surface area contributed by atoms with Gasteiger partial charge in [0, 0.05) is 71.8 Å². The quantitative estimate of drug-likeness (QED) is 0.175. The molecular formula is C32H34F3N7O3S2. The number of imidazole rings is 1. The summed E-state index contributed by atoms with van der Waals surface area (Å²) in [6.45, 7) is 3.05.